The maximum atomic E-state index is 13.4. The topological polar surface area (TPSA) is 38.3 Å². The molecule has 92 valence electrons. The van der Waals surface area contributed by atoms with Gasteiger partial charge in [0, 0.05) is 31.2 Å². The van der Waals surface area contributed by atoms with E-state index in [1.165, 1.54) is 26.2 Å². The molecule has 0 unspecified atom stereocenters. The lowest BCUT2D eigenvalue weighted by Gasteiger charge is -2.04. The molecule has 1 aromatic carbocycles. The molecule has 0 aliphatic heterocycles. The van der Waals surface area contributed by atoms with E-state index in [1.54, 1.807) is 0 Å². The third-order valence-electron chi connectivity index (χ3n) is 2.04. The monoisotopic (exact) mass is 241 g/mol. The van der Waals surface area contributed by atoms with Crippen molar-refractivity contribution in [2.24, 2.45) is 0 Å². The van der Waals surface area contributed by atoms with E-state index >= 15 is 0 Å². The van der Waals surface area contributed by atoms with Crippen LogP contribution in [0.15, 0.2) is 18.2 Å². The van der Waals surface area contributed by atoms with Gasteiger partial charge in [-0.2, -0.15) is 0 Å². The number of hydrogen-bond acceptors (Lipinski definition) is 2. The van der Waals surface area contributed by atoms with Crippen LogP contribution in [0.4, 0.5) is 8.78 Å². The van der Waals surface area contributed by atoms with E-state index in [-0.39, 0.29) is 23.8 Å². The smallest absolute Gasteiger partial charge is 0.217 e. The fourth-order valence-corrected chi connectivity index (χ4v) is 1.22. The first-order valence-corrected chi connectivity index (χ1v) is 4.98. The summed E-state index contributed by atoms with van der Waals surface area (Å²) in [5.74, 6) is -1.49. The molecular weight excluding hydrogens is 228 g/mol. The molecule has 0 atom stereocenters. The molecule has 5 heteroatoms. The van der Waals surface area contributed by atoms with Crippen molar-refractivity contribution in [3.63, 3.8) is 0 Å². The van der Waals surface area contributed by atoms with Gasteiger partial charge in [-0.1, -0.05) is 12.2 Å². The Morgan fingerprint density at radius 3 is 2.47 bits per heavy atom. The highest BCUT2D eigenvalue weighted by Crippen LogP contribution is 2.21. The quantitative estimate of drug-likeness (QED) is 0.876. The number of carbonyl (C=O) groups excluding carboxylic acids is 1. The van der Waals surface area contributed by atoms with Crippen LogP contribution in [-0.4, -0.2) is 19.6 Å². The second-order valence-corrected chi connectivity index (χ2v) is 3.34. The largest absolute Gasteiger partial charge is 0.497 e. The molecular formula is C12H13F2NO2. The van der Waals surface area contributed by atoms with E-state index in [0.29, 0.717) is 0 Å². The van der Waals surface area contributed by atoms with Gasteiger partial charge in [0.1, 0.15) is 17.4 Å². The molecule has 0 saturated carbocycles. The van der Waals surface area contributed by atoms with E-state index < -0.39 is 11.6 Å². The highest BCUT2D eigenvalue weighted by molar-refractivity contribution is 5.73. The number of hydrogen-bond donors (Lipinski definition) is 1. The van der Waals surface area contributed by atoms with Crippen molar-refractivity contribution in [3.05, 3.63) is 35.4 Å². The van der Waals surface area contributed by atoms with Crippen LogP contribution in [0.2, 0.25) is 0 Å². The lowest BCUT2D eigenvalue weighted by atomic mass is 10.1. The van der Waals surface area contributed by atoms with Gasteiger partial charge in [0.25, 0.3) is 0 Å². The second-order valence-electron chi connectivity index (χ2n) is 3.34. The molecule has 0 fully saturated rings. The molecule has 1 aromatic rings. The van der Waals surface area contributed by atoms with E-state index in [4.69, 9.17) is 4.74 Å². The maximum absolute atomic E-state index is 13.4. The van der Waals surface area contributed by atoms with Gasteiger partial charge < -0.3 is 10.1 Å². The SMILES string of the molecule is COc1cc(F)c(C=CCNC(C)=O)c(F)c1. The van der Waals surface area contributed by atoms with Gasteiger partial charge in [-0.15, -0.1) is 0 Å². The van der Waals surface area contributed by atoms with E-state index in [1.807, 2.05) is 0 Å². The van der Waals surface area contributed by atoms with Gasteiger partial charge in [0.15, 0.2) is 0 Å². The summed E-state index contributed by atoms with van der Waals surface area (Å²) >= 11 is 0. The van der Waals surface area contributed by atoms with E-state index in [9.17, 15) is 13.6 Å². The zero-order chi connectivity index (χ0) is 12.8. The van der Waals surface area contributed by atoms with Crippen molar-refractivity contribution in [1.82, 2.24) is 5.32 Å². The van der Waals surface area contributed by atoms with Crippen LogP contribution >= 0.6 is 0 Å². The third-order valence-corrected chi connectivity index (χ3v) is 2.04. The molecule has 0 bridgehead atoms. The Bertz CT molecular complexity index is 421. The maximum Gasteiger partial charge on any atom is 0.217 e. The van der Waals surface area contributed by atoms with Crippen molar-refractivity contribution in [2.75, 3.05) is 13.7 Å². The summed E-state index contributed by atoms with van der Waals surface area (Å²) in [4.78, 5) is 10.6. The Hall–Kier alpha value is -1.91. The Kier molecular flexibility index (Phi) is 4.63. The van der Waals surface area contributed by atoms with Crippen molar-refractivity contribution in [1.29, 1.82) is 0 Å². The Morgan fingerprint density at radius 2 is 2.00 bits per heavy atom. The number of halogens is 2. The van der Waals surface area contributed by atoms with Crippen LogP contribution in [0.3, 0.4) is 0 Å². The highest BCUT2D eigenvalue weighted by Gasteiger charge is 2.08. The normalized spacial score (nSPS) is 10.6. The number of carbonyl (C=O) groups is 1. The Labute approximate surface area is 98.1 Å². The van der Waals surface area contributed by atoms with Gasteiger partial charge in [-0.3, -0.25) is 4.79 Å². The van der Waals surface area contributed by atoms with Gasteiger partial charge in [-0.05, 0) is 0 Å². The van der Waals surface area contributed by atoms with E-state index in [2.05, 4.69) is 5.32 Å². The molecule has 0 saturated heterocycles. The summed E-state index contributed by atoms with van der Waals surface area (Å²) in [5.41, 5.74) is -0.156. The Morgan fingerprint density at radius 1 is 1.41 bits per heavy atom. The molecule has 1 amide bonds. The summed E-state index contributed by atoms with van der Waals surface area (Å²) in [5, 5.41) is 2.48. The van der Waals surface area contributed by atoms with Crippen molar-refractivity contribution in [2.45, 2.75) is 6.92 Å². The molecule has 0 radical (unpaired) electrons. The van der Waals surface area contributed by atoms with Crippen LogP contribution in [0.25, 0.3) is 6.08 Å². The van der Waals surface area contributed by atoms with Crippen molar-refractivity contribution >= 4 is 12.0 Å². The predicted octanol–water partition coefficient (Wildman–Crippen LogP) is 2.12. The molecule has 1 N–H and O–H groups in total. The summed E-state index contributed by atoms with van der Waals surface area (Å²) < 4.78 is 31.6. The first kappa shape index (κ1) is 13.2. The standard InChI is InChI=1S/C12H13F2NO2/c1-8(16)15-5-3-4-10-11(13)6-9(17-2)7-12(10)14/h3-4,6-7H,5H2,1-2H3,(H,15,16). The summed E-state index contributed by atoms with van der Waals surface area (Å²) in [6.07, 6.45) is 2.75. The first-order chi connectivity index (χ1) is 8.04. The molecule has 1 rings (SSSR count). The van der Waals surface area contributed by atoms with Crippen LogP contribution in [0.5, 0.6) is 5.75 Å². The molecule has 17 heavy (non-hydrogen) atoms. The van der Waals surface area contributed by atoms with Crippen LogP contribution in [0, 0.1) is 11.6 Å². The number of amides is 1. The predicted molar refractivity (Wildman–Crippen MR) is 60.6 cm³/mol. The minimum absolute atomic E-state index is 0.124. The summed E-state index contributed by atoms with van der Waals surface area (Å²) in [7, 11) is 1.33. The molecule has 0 spiro atoms. The van der Waals surface area contributed by atoms with Gasteiger partial charge in [0.2, 0.25) is 5.91 Å². The lowest BCUT2D eigenvalue weighted by Crippen LogP contribution is -2.19. The first-order valence-electron chi connectivity index (χ1n) is 4.98. The lowest BCUT2D eigenvalue weighted by molar-refractivity contribution is -0.118. The Balaban J connectivity index is 2.80. The minimum atomic E-state index is -0.707. The molecule has 0 heterocycles. The van der Waals surface area contributed by atoms with Crippen molar-refractivity contribution < 1.29 is 18.3 Å². The van der Waals surface area contributed by atoms with Crippen LogP contribution in [0.1, 0.15) is 12.5 Å². The number of rotatable bonds is 4. The molecule has 0 aliphatic carbocycles. The molecule has 3 nitrogen and oxygen atoms in total. The number of ether oxygens (including phenoxy) is 1. The summed E-state index contributed by atoms with van der Waals surface area (Å²) in [6, 6.07) is 2.20. The summed E-state index contributed by atoms with van der Waals surface area (Å²) in [6.45, 7) is 1.59. The van der Waals surface area contributed by atoms with Crippen LogP contribution in [-0.2, 0) is 4.79 Å². The minimum Gasteiger partial charge on any atom is -0.497 e. The number of methoxy groups -OCH3 is 1. The average Bonchev–Trinajstić information content (AvgIpc) is 2.26. The van der Waals surface area contributed by atoms with Gasteiger partial charge >= 0.3 is 0 Å². The van der Waals surface area contributed by atoms with Gasteiger partial charge in [0.05, 0.1) is 7.11 Å². The molecule has 0 aromatic heterocycles. The van der Waals surface area contributed by atoms with Gasteiger partial charge in [-0.25, -0.2) is 8.78 Å². The highest BCUT2D eigenvalue weighted by atomic mass is 19.1. The number of nitrogens with one attached hydrogen (secondary N) is 1. The fourth-order valence-electron chi connectivity index (χ4n) is 1.22. The van der Waals surface area contributed by atoms with E-state index in [0.717, 1.165) is 12.1 Å². The van der Waals surface area contributed by atoms with Crippen LogP contribution < -0.4 is 10.1 Å². The zero-order valence-electron chi connectivity index (χ0n) is 9.59. The van der Waals surface area contributed by atoms with Crippen molar-refractivity contribution in [3.8, 4) is 5.75 Å². The zero-order valence-corrected chi connectivity index (χ0v) is 9.59. The number of benzene rings is 1. The average molecular weight is 241 g/mol. The molecule has 0 aliphatic rings. The third kappa shape index (κ3) is 3.86. The fraction of sp³-hybridized carbons (Fsp3) is 0.250. The second kappa shape index (κ2) is 5.98.